The maximum absolute atomic E-state index is 12.2. The third-order valence-corrected chi connectivity index (χ3v) is 4.34. The number of piperidine rings is 1. The van der Waals surface area contributed by atoms with Crippen molar-refractivity contribution in [3.63, 3.8) is 0 Å². The summed E-state index contributed by atoms with van der Waals surface area (Å²) in [6.45, 7) is 1.06. The molecule has 2 rings (SSSR count). The van der Waals surface area contributed by atoms with Gasteiger partial charge in [0.2, 0.25) is 11.8 Å². The molecule has 0 aliphatic carbocycles. The highest BCUT2D eigenvalue weighted by atomic mass is 32.1. The molecule has 1 aromatic heterocycles. The first-order valence-electron chi connectivity index (χ1n) is 6.86. The normalized spacial score (nSPS) is 15.4. The summed E-state index contributed by atoms with van der Waals surface area (Å²) in [6, 6.07) is 0. The van der Waals surface area contributed by atoms with Gasteiger partial charge in [0.25, 0.3) is 0 Å². The van der Waals surface area contributed by atoms with E-state index < -0.39 is 6.09 Å². The Balaban J connectivity index is 1.85. The van der Waals surface area contributed by atoms with Crippen molar-refractivity contribution in [2.24, 2.45) is 11.7 Å². The molecule has 9 heteroatoms. The van der Waals surface area contributed by atoms with E-state index in [9.17, 15) is 14.4 Å². The molecular weight excluding hydrogens is 308 g/mol. The lowest BCUT2D eigenvalue weighted by molar-refractivity contribution is -0.134. The predicted octanol–water partition coefficient (Wildman–Crippen LogP) is 0.588. The molecule has 3 N–H and O–H groups in total. The van der Waals surface area contributed by atoms with Crippen molar-refractivity contribution in [3.05, 3.63) is 11.1 Å². The Morgan fingerprint density at radius 3 is 2.73 bits per heavy atom. The van der Waals surface area contributed by atoms with Crippen molar-refractivity contribution >= 4 is 34.4 Å². The first-order valence-corrected chi connectivity index (χ1v) is 7.74. The fourth-order valence-electron chi connectivity index (χ4n) is 2.26. The summed E-state index contributed by atoms with van der Waals surface area (Å²) in [6.07, 6.45) is 0.780. The second-order valence-corrected chi connectivity index (χ2v) is 5.85. The van der Waals surface area contributed by atoms with Crippen LogP contribution in [0.2, 0.25) is 0 Å². The quantitative estimate of drug-likeness (QED) is 0.840. The molecule has 8 nitrogen and oxygen atoms in total. The molecule has 0 saturated carbocycles. The summed E-state index contributed by atoms with van der Waals surface area (Å²) in [5, 5.41) is 4.57. The fourth-order valence-corrected chi connectivity index (χ4v) is 2.96. The summed E-state index contributed by atoms with van der Waals surface area (Å²) in [7, 11) is 1.27. The highest BCUT2D eigenvalue weighted by molar-refractivity contribution is 7.13. The van der Waals surface area contributed by atoms with Crippen LogP contribution in [-0.2, 0) is 20.7 Å². The summed E-state index contributed by atoms with van der Waals surface area (Å²) in [5.74, 6) is -0.484. The number of primary amides is 1. The van der Waals surface area contributed by atoms with Crippen LogP contribution >= 0.6 is 11.3 Å². The number of nitrogens with zero attached hydrogens (tertiary/aromatic N) is 2. The standard InChI is InChI=1S/C13H18N4O4S/c1-21-13(20)16-12-15-9(7-22-12)6-10(18)17-4-2-8(3-5-17)11(14)19/h7-8H,2-6H2,1H3,(H2,14,19)(H,15,16,20). The first kappa shape index (κ1) is 16.2. The predicted molar refractivity (Wildman–Crippen MR) is 80.3 cm³/mol. The van der Waals surface area contributed by atoms with Crippen LogP contribution in [0.5, 0.6) is 0 Å². The number of nitrogens with two attached hydrogens (primary N) is 1. The molecule has 0 atom stereocenters. The van der Waals surface area contributed by atoms with Crippen LogP contribution in [0, 0.1) is 5.92 Å². The Bertz CT molecular complexity index is 566. The topological polar surface area (TPSA) is 115 Å². The average Bonchev–Trinajstić information content (AvgIpc) is 2.94. The van der Waals surface area contributed by atoms with E-state index in [1.54, 1.807) is 10.3 Å². The number of carbonyl (C=O) groups excluding carboxylic acids is 3. The van der Waals surface area contributed by atoms with E-state index in [-0.39, 0.29) is 24.2 Å². The lowest BCUT2D eigenvalue weighted by atomic mass is 9.96. The fraction of sp³-hybridized carbons (Fsp3) is 0.538. The van der Waals surface area contributed by atoms with Gasteiger partial charge in [0.05, 0.1) is 19.2 Å². The second-order valence-electron chi connectivity index (χ2n) is 4.99. The minimum absolute atomic E-state index is 0.0437. The van der Waals surface area contributed by atoms with Gasteiger partial charge < -0.3 is 15.4 Å². The SMILES string of the molecule is COC(=O)Nc1nc(CC(=O)N2CCC(C(N)=O)CC2)cs1. The largest absolute Gasteiger partial charge is 0.453 e. The number of rotatable bonds is 4. The van der Waals surface area contributed by atoms with Crippen LogP contribution in [0.3, 0.4) is 0 Å². The molecular formula is C13H18N4O4S. The highest BCUT2D eigenvalue weighted by Gasteiger charge is 2.26. The molecule has 1 aliphatic rings. The van der Waals surface area contributed by atoms with Crippen molar-refractivity contribution in [1.82, 2.24) is 9.88 Å². The van der Waals surface area contributed by atoms with E-state index in [2.05, 4.69) is 15.0 Å². The number of thiazole rings is 1. The minimum atomic E-state index is -0.597. The molecule has 3 amide bonds. The molecule has 120 valence electrons. The number of aromatic nitrogens is 1. The van der Waals surface area contributed by atoms with Crippen LogP contribution in [0.15, 0.2) is 5.38 Å². The van der Waals surface area contributed by atoms with Crippen molar-refractivity contribution in [2.45, 2.75) is 19.3 Å². The Kier molecular flexibility index (Phi) is 5.31. The molecule has 0 aromatic carbocycles. The monoisotopic (exact) mass is 326 g/mol. The van der Waals surface area contributed by atoms with Crippen molar-refractivity contribution in [1.29, 1.82) is 0 Å². The van der Waals surface area contributed by atoms with Crippen molar-refractivity contribution in [3.8, 4) is 0 Å². The van der Waals surface area contributed by atoms with E-state index in [4.69, 9.17) is 5.73 Å². The molecule has 0 radical (unpaired) electrons. The van der Waals surface area contributed by atoms with Gasteiger partial charge in [-0.05, 0) is 12.8 Å². The zero-order chi connectivity index (χ0) is 16.1. The Labute approximate surface area is 131 Å². The van der Waals surface area contributed by atoms with E-state index >= 15 is 0 Å². The number of hydrogen-bond donors (Lipinski definition) is 2. The van der Waals surface area contributed by atoms with Gasteiger partial charge in [0.15, 0.2) is 5.13 Å². The zero-order valence-electron chi connectivity index (χ0n) is 12.2. The average molecular weight is 326 g/mol. The Morgan fingerprint density at radius 1 is 1.45 bits per heavy atom. The summed E-state index contributed by atoms with van der Waals surface area (Å²) >= 11 is 1.23. The maximum atomic E-state index is 12.2. The molecule has 2 heterocycles. The maximum Gasteiger partial charge on any atom is 0.413 e. The van der Waals surface area contributed by atoms with Gasteiger partial charge in [0, 0.05) is 24.4 Å². The molecule has 1 aromatic rings. The van der Waals surface area contributed by atoms with Crippen LogP contribution in [-0.4, -0.2) is 48.0 Å². The lowest BCUT2D eigenvalue weighted by Gasteiger charge is -2.30. The number of carbonyl (C=O) groups is 3. The first-order chi connectivity index (χ1) is 10.5. The number of nitrogens with one attached hydrogen (secondary N) is 1. The molecule has 0 unspecified atom stereocenters. The number of amides is 3. The third-order valence-electron chi connectivity index (χ3n) is 3.53. The van der Waals surface area contributed by atoms with Crippen LogP contribution in [0.25, 0.3) is 0 Å². The zero-order valence-corrected chi connectivity index (χ0v) is 13.0. The van der Waals surface area contributed by atoms with Gasteiger partial charge in [-0.25, -0.2) is 9.78 Å². The second kappa shape index (κ2) is 7.21. The highest BCUT2D eigenvalue weighted by Crippen LogP contribution is 2.19. The van der Waals surface area contributed by atoms with Gasteiger partial charge in [-0.15, -0.1) is 11.3 Å². The Hall–Kier alpha value is -2.16. The third kappa shape index (κ3) is 4.17. The summed E-state index contributed by atoms with van der Waals surface area (Å²) < 4.78 is 4.47. The summed E-state index contributed by atoms with van der Waals surface area (Å²) in [4.78, 5) is 40.2. The molecule has 1 aliphatic heterocycles. The Morgan fingerprint density at radius 2 is 2.14 bits per heavy atom. The van der Waals surface area contributed by atoms with Gasteiger partial charge in [-0.3, -0.25) is 14.9 Å². The number of hydrogen-bond acceptors (Lipinski definition) is 6. The van der Waals surface area contributed by atoms with Crippen LogP contribution in [0.4, 0.5) is 9.93 Å². The lowest BCUT2D eigenvalue weighted by Crippen LogP contribution is -2.42. The smallest absolute Gasteiger partial charge is 0.413 e. The van der Waals surface area contributed by atoms with E-state index in [1.807, 2.05) is 0 Å². The molecule has 0 bridgehead atoms. The van der Waals surface area contributed by atoms with E-state index in [1.165, 1.54) is 18.4 Å². The molecule has 1 fully saturated rings. The minimum Gasteiger partial charge on any atom is -0.453 e. The van der Waals surface area contributed by atoms with Gasteiger partial charge >= 0.3 is 6.09 Å². The van der Waals surface area contributed by atoms with Crippen molar-refractivity contribution < 1.29 is 19.1 Å². The summed E-state index contributed by atoms with van der Waals surface area (Å²) in [5.41, 5.74) is 5.87. The number of anilines is 1. The molecule has 22 heavy (non-hydrogen) atoms. The van der Waals surface area contributed by atoms with Crippen molar-refractivity contribution in [2.75, 3.05) is 25.5 Å². The number of ether oxygens (including phenoxy) is 1. The van der Waals surface area contributed by atoms with E-state index in [0.29, 0.717) is 36.8 Å². The van der Waals surface area contributed by atoms with Crippen LogP contribution in [0.1, 0.15) is 18.5 Å². The van der Waals surface area contributed by atoms with Gasteiger partial charge in [0.1, 0.15) is 0 Å². The number of likely N-dealkylation sites (tertiary alicyclic amines) is 1. The van der Waals surface area contributed by atoms with E-state index in [0.717, 1.165) is 0 Å². The van der Waals surface area contributed by atoms with Crippen LogP contribution < -0.4 is 11.1 Å². The number of methoxy groups -OCH3 is 1. The van der Waals surface area contributed by atoms with Gasteiger partial charge in [-0.1, -0.05) is 0 Å². The molecule has 1 saturated heterocycles. The molecule has 0 spiro atoms. The van der Waals surface area contributed by atoms with Gasteiger partial charge in [-0.2, -0.15) is 0 Å².